The minimum Gasteiger partial charge on any atom is -0.334 e. The third-order valence-corrected chi connectivity index (χ3v) is 4.48. The molecule has 2 heterocycles. The SMILES string of the molecule is NCC1=N[C@@H](N)c2c(sc3c2CCCC3)N1. The van der Waals surface area contributed by atoms with Crippen molar-refractivity contribution in [2.24, 2.45) is 16.5 Å². The Hall–Kier alpha value is -0.910. The second-order valence-electron chi connectivity index (χ2n) is 4.30. The zero-order valence-corrected chi connectivity index (χ0v) is 9.94. The topological polar surface area (TPSA) is 76.4 Å². The molecule has 4 nitrogen and oxygen atoms in total. The van der Waals surface area contributed by atoms with E-state index in [0.29, 0.717) is 6.54 Å². The lowest BCUT2D eigenvalue weighted by Crippen LogP contribution is -2.29. The van der Waals surface area contributed by atoms with E-state index in [2.05, 4.69) is 10.3 Å². The maximum atomic E-state index is 6.10. The molecular weight excluding hydrogens is 220 g/mol. The van der Waals surface area contributed by atoms with Crippen LogP contribution in [0.25, 0.3) is 0 Å². The molecule has 1 aliphatic heterocycles. The summed E-state index contributed by atoms with van der Waals surface area (Å²) < 4.78 is 0. The van der Waals surface area contributed by atoms with Gasteiger partial charge in [0.15, 0.2) is 0 Å². The molecule has 0 amide bonds. The fourth-order valence-electron chi connectivity index (χ4n) is 2.50. The zero-order chi connectivity index (χ0) is 11.1. The van der Waals surface area contributed by atoms with Gasteiger partial charge in [-0.05, 0) is 31.2 Å². The Morgan fingerprint density at radius 2 is 2.19 bits per heavy atom. The summed E-state index contributed by atoms with van der Waals surface area (Å²) in [6, 6.07) is 0. The first kappa shape index (κ1) is 10.3. The molecule has 16 heavy (non-hydrogen) atoms. The molecule has 3 rings (SSSR count). The number of aryl methyl sites for hydroxylation is 1. The number of fused-ring (bicyclic) bond motifs is 3. The maximum absolute atomic E-state index is 6.10. The van der Waals surface area contributed by atoms with Crippen molar-refractivity contribution in [2.75, 3.05) is 11.9 Å². The Bertz CT molecular complexity index is 449. The second kappa shape index (κ2) is 3.84. The number of amidine groups is 1. The van der Waals surface area contributed by atoms with Gasteiger partial charge in [0.1, 0.15) is 17.0 Å². The van der Waals surface area contributed by atoms with E-state index < -0.39 is 0 Å². The predicted octanol–water partition coefficient (Wildman–Crippen LogP) is 1.37. The summed E-state index contributed by atoms with van der Waals surface area (Å²) in [7, 11) is 0. The van der Waals surface area contributed by atoms with E-state index in [0.717, 1.165) is 12.3 Å². The van der Waals surface area contributed by atoms with Crippen molar-refractivity contribution in [3.8, 4) is 0 Å². The summed E-state index contributed by atoms with van der Waals surface area (Å²) in [5.41, 5.74) is 14.4. The van der Waals surface area contributed by atoms with E-state index >= 15 is 0 Å². The molecule has 5 heteroatoms. The molecule has 0 bridgehead atoms. The number of anilines is 1. The standard InChI is InChI=1S/C11H16N4S/c12-5-8-14-10(13)9-6-3-1-2-4-7(6)16-11(9)15-8/h10H,1-5,12-13H2,(H,14,15)/t10-/m1/s1. The van der Waals surface area contributed by atoms with E-state index in [1.165, 1.54) is 40.3 Å². The van der Waals surface area contributed by atoms with Crippen LogP contribution in [0.2, 0.25) is 0 Å². The lowest BCUT2D eigenvalue weighted by Gasteiger charge is -2.21. The fraction of sp³-hybridized carbons (Fsp3) is 0.545. The van der Waals surface area contributed by atoms with Crippen molar-refractivity contribution in [3.05, 3.63) is 16.0 Å². The van der Waals surface area contributed by atoms with Crippen molar-refractivity contribution in [3.63, 3.8) is 0 Å². The van der Waals surface area contributed by atoms with Gasteiger partial charge >= 0.3 is 0 Å². The monoisotopic (exact) mass is 236 g/mol. The summed E-state index contributed by atoms with van der Waals surface area (Å²) >= 11 is 1.83. The first-order valence-electron chi connectivity index (χ1n) is 5.73. The molecule has 2 aliphatic rings. The Kier molecular flexibility index (Phi) is 2.46. The molecule has 1 aliphatic carbocycles. The zero-order valence-electron chi connectivity index (χ0n) is 9.12. The highest BCUT2D eigenvalue weighted by Crippen LogP contribution is 2.42. The average Bonchev–Trinajstić information content (AvgIpc) is 2.67. The van der Waals surface area contributed by atoms with Crippen molar-refractivity contribution >= 4 is 22.2 Å². The molecule has 0 saturated carbocycles. The van der Waals surface area contributed by atoms with E-state index in [4.69, 9.17) is 11.5 Å². The molecule has 1 aromatic rings. The lowest BCUT2D eigenvalue weighted by molar-refractivity contribution is 0.673. The molecule has 0 spiro atoms. The molecule has 86 valence electrons. The number of nitrogens with one attached hydrogen (secondary N) is 1. The first-order chi connectivity index (χ1) is 7.79. The van der Waals surface area contributed by atoms with Crippen LogP contribution in [0.5, 0.6) is 0 Å². The third-order valence-electron chi connectivity index (χ3n) is 3.25. The van der Waals surface area contributed by atoms with Crippen LogP contribution in [-0.4, -0.2) is 12.4 Å². The Labute approximate surface area is 98.7 Å². The van der Waals surface area contributed by atoms with Gasteiger partial charge < -0.3 is 16.8 Å². The van der Waals surface area contributed by atoms with Crippen molar-refractivity contribution < 1.29 is 0 Å². The molecular formula is C11H16N4S. The molecule has 0 unspecified atom stereocenters. The van der Waals surface area contributed by atoms with E-state index in [-0.39, 0.29) is 6.17 Å². The lowest BCUT2D eigenvalue weighted by atomic mass is 9.94. The van der Waals surface area contributed by atoms with Crippen LogP contribution in [0.15, 0.2) is 4.99 Å². The molecule has 1 atom stereocenters. The van der Waals surface area contributed by atoms with Gasteiger partial charge in [0, 0.05) is 10.4 Å². The van der Waals surface area contributed by atoms with Crippen LogP contribution in [0.4, 0.5) is 5.00 Å². The number of nitrogens with zero attached hydrogens (tertiary/aromatic N) is 1. The van der Waals surface area contributed by atoms with Crippen LogP contribution < -0.4 is 16.8 Å². The number of rotatable bonds is 1. The van der Waals surface area contributed by atoms with Gasteiger partial charge in [0.2, 0.25) is 0 Å². The van der Waals surface area contributed by atoms with Crippen LogP contribution in [-0.2, 0) is 12.8 Å². The van der Waals surface area contributed by atoms with Crippen LogP contribution >= 0.6 is 11.3 Å². The second-order valence-corrected chi connectivity index (χ2v) is 5.41. The highest BCUT2D eigenvalue weighted by atomic mass is 32.1. The normalized spacial score (nSPS) is 23.1. The molecule has 1 aromatic heterocycles. The first-order valence-corrected chi connectivity index (χ1v) is 6.55. The summed E-state index contributed by atoms with van der Waals surface area (Å²) in [6.07, 6.45) is 4.71. The van der Waals surface area contributed by atoms with Gasteiger partial charge in [-0.3, -0.25) is 0 Å². The highest BCUT2D eigenvalue weighted by Gasteiger charge is 2.27. The number of nitrogens with two attached hydrogens (primary N) is 2. The highest BCUT2D eigenvalue weighted by molar-refractivity contribution is 7.16. The number of hydrogen-bond donors (Lipinski definition) is 3. The van der Waals surface area contributed by atoms with E-state index in [1.807, 2.05) is 11.3 Å². The smallest absolute Gasteiger partial charge is 0.128 e. The van der Waals surface area contributed by atoms with Crippen LogP contribution in [0.1, 0.15) is 35.0 Å². The number of aliphatic imine (C=N–C) groups is 1. The Morgan fingerprint density at radius 1 is 1.38 bits per heavy atom. The minimum absolute atomic E-state index is 0.215. The average molecular weight is 236 g/mol. The Morgan fingerprint density at radius 3 is 3.00 bits per heavy atom. The molecule has 0 aromatic carbocycles. The van der Waals surface area contributed by atoms with Crippen molar-refractivity contribution in [2.45, 2.75) is 31.8 Å². The maximum Gasteiger partial charge on any atom is 0.128 e. The van der Waals surface area contributed by atoms with Crippen molar-refractivity contribution in [1.29, 1.82) is 0 Å². The van der Waals surface area contributed by atoms with E-state index in [9.17, 15) is 0 Å². The quantitative estimate of drug-likeness (QED) is 0.689. The third kappa shape index (κ3) is 1.47. The minimum atomic E-state index is -0.215. The summed E-state index contributed by atoms with van der Waals surface area (Å²) in [4.78, 5) is 5.88. The van der Waals surface area contributed by atoms with E-state index in [1.54, 1.807) is 0 Å². The summed E-state index contributed by atoms with van der Waals surface area (Å²) in [5, 5.41) is 4.47. The predicted molar refractivity (Wildman–Crippen MR) is 68.0 cm³/mol. The summed E-state index contributed by atoms with van der Waals surface area (Å²) in [5.74, 6) is 0.804. The largest absolute Gasteiger partial charge is 0.334 e. The van der Waals surface area contributed by atoms with Gasteiger partial charge in [-0.1, -0.05) is 0 Å². The van der Waals surface area contributed by atoms with Gasteiger partial charge in [-0.15, -0.1) is 11.3 Å². The van der Waals surface area contributed by atoms with Crippen LogP contribution in [0, 0.1) is 0 Å². The fourth-order valence-corrected chi connectivity index (χ4v) is 3.85. The van der Waals surface area contributed by atoms with Gasteiger partial charge in [-0.25, -0.2) is 4.99 Å². The van der Waals surface area contributed by atoms with Gasteiger partial charge in [0.25, 0.3) is 0 Å². The number of hydrogen-bond acceptors (Lipinski definition) is 5. The van der Waals surface area contributed by atoms with Gasteiger partial charge in [-0.2, -0.15) is 0 Å². The summed E-state index contributed by atoms with van der Waals surface area (Å²) in [6.45, 7) is 0.426. The molecule has 0 fully saturated rings. The van der Waals surface area contributed by atoms with Gasteiger partial charge in [0.05, 0.1) is 6.54 Å². The van der Waals surface area contributed by atoms with Crippen molar-refractivity contribution in [1.82, 2.24) is 0 Å². The van der Waals surface area contributed by atoms with Crippen LogP contribution in [0.3, 0.4) is 0 Å². The molecule has 0 radical (unpaired) electrons. The molecule has 0 saturated heterocycles. The number of thiophene rings is 1. The molecule has 5 N–H and O–H groups in total. The Balaban J connectivity index is 2.05.